The van der Waals surface area contributed by atoms with Gasteiger partial charge in [-0.05, 0) is 66.8 Å². The molecule has 0 saturated heterocycles. The van der Waals surface area contributed by atoms with Crippen molar-refractivity contribution in [3.8, 4) is 11.1 Å². The van der Waals surface area contributed by atoms with Crippen molar-refractivity contribution in [2.75, 3.05) is 32.9 Å². The predicted octanol–water partition coefficient (Wildman–Crippen LogP) is 6.80. The largest absolute Gasteiger partial charge is 0.449 e. The maximum absolute atomic E-state index is 14.1. The lowest BCUT2D eigenvalue weighted by Gasteiger charge is -2.31. The minimum atomic E-state index is -0.757. The van der Waals surface area contributed by atoms with E-state index < -0.39 is 18.4 Å². The van der Waals surface area contributed by atoms with E-state index in [1.807, 2.05) is 68.4 Å². The van der Waals surface area contributed by atoms with Crippen LogP contribution in [0, 0.1) is 5.92 Å². The van der Waals surface area contributed by atoms with Crippen LogP contribution in [0.2, 0.25) is 0 Å². The maximum atomic E-state index is 14.1. The van der Waals surface area contributed by atoms with Gasteiger partial charge < -0.3 is 24.4 Å². The van der Waals surface area contributed by atoms with Crippen molar-refractivity contribution in [1.82, 2.24) is 10.2 Å². The summed E-state index contributed by atoms with van der Waals surface area (Å²) >= 11 is 0. The quantitative estimate of drug-likeness (QED) is 0.187. The van der Waals surface area contributed by atoms with Gasteiger partial charge in [-0.2, -0.15) is 0 Å². The zero-order valence-electron chi connectivity index (χ0n) is 26.0. The van der Waals surface area contributed by atoms with Gasteiger partial charge in [-0.15, -0.1) is 0 Å². The number of carbonyl (C=O) groups is 2. The first-order valence-electron chi connectivity index (χ1n) is 15.6. The van der Waals surface area contributed by atoms with Gasteiger partial charge in [-0.25, -0.2) is 4.79 Å². The Labute approximate surface area is 256 Å². The van der Waals surface area contributed by atoms with Gasteiger partial charge in [0.25, 0.3) is 0 Å². The monoisotopic (exact) mass is 586 g/mol. The van der Waals surface area contributed by atoms with Crippen LogP contribution < -0.4 is 5.32 Å². The number of hydrogen-bond donors (Lipinski definition) is 1. The molecule has 0 aliphatic heterocycles. The first-order chi connectivity index (χ1) is 20.9. The van der Waals surface area contributed by atoms with Gasteiger partial charge in [0.05, 0.1) is 6.54 Å². The molecular formula is C36H46N2O5. The van der Waals surface area contributed by atoms with Crippen molar-refractivity contribution < 1.29 is 23.8 Å². The molecule has 3 aromatic carbocycles. The Morgan fingerprint density at radius 2 is 1.40 bits per heavy atom. The molecule has 0 fully saturated rings. The molecule has 0 radical (unpaired) electrons. The van der Waals surface area contributed by atoms with Crippen molar-refractivity contribution in [3.63, 3.8) is 0 Å². The number of carbonyl (C=O) groups excluding carboxylic acids is 2. The topological polar surface area (TPSA) is 77.1 Å². The zero-order chi connectivity index (χ0) is 30.6. The average molecular weight is 587 g/mol. The molecule has 3 aromatic rings. The number of alkyl carbamates (subject to hydrolysis) is 1. The first kappa shape index (κ1) is 32.2. The fourth-order valence-electron chi connectivity index (χ4n) is 5.63. The Balaban J connectivity index is 1.49. The molecular weight excluding hydrogens is 540 g/mol. The van der Waals surface area contributed by atoms with E-state index in [0.717, 1.165) is 23.1 Å². The number of hydrogen-bond acceptors (Lipinski definition) is 5. The smallest absolute Gasteiger partial charge is 0.407 e. The summed E-state index contributed by atoms with van der Waals surface area (Å²) in [6.07, 6.45) is 0.782. The van der Waals surface area contributed by atoms with Gasteiger partial charge in [0.15, 0.2) is 6.29 Å². The van der Waals surface area contributed by atoms with E-state index in [0.29, 0.717) is 45.1 Å². The molecule has 1 aliphatic carbocycles. The molecule has 1 unspecified atom stereocenters. The summed E-state index contributed by atoms with van der Waals surface area (Å²) in [5, 5.41) is 2.93. The van der Waals surface area contributed by atoms with Crippen molar-refractivity contribution in [3.05, 3.63) is 95.6 Å². The molecule has 0 spiro atoms. The molecule has 0 aromatic heterocycles. The van der Waals surface area contributed by atoms with Crippen LogP contribution in [0.3, 0.4) is 0 Å². The van der Waals surface area contributed by atoms with E-state index in [2.05, 4.69) is 43.4 Å². The molecule has 230 valence electrons. The molecule has 7 nitrogen and oxygen atoms in total. The number of benzene rings is 3. The number of nitrogens with zero attached hydrogens (tertiary/aromatic N) is 1. The van der Waals surface area contributed by atoms with Crippen LogP contribution in [0.25, 0.3) is 11.1 Å². The highest BCUT2D eigenvalue weighted by atomic mass is 16.7. The van der Waals surface area contributed by atoms with Gasteiger partial charge in [-0.1, -0.05) is 92.7 Å². The molecule has 0 bridgehead atoms. The predicted molar refractivity (Wildman–Crippen MR) is 170 cm³/mol. The van der Waals surface area contributed by atoms with E-state index in [-0.39, 0.29) is 18.4 Å². The lowest BCUT2D eigenvalue weighted by Crippen LogP contribution is -2.51. The average Bonchev–Trinajstić information content (AvgIpc) is 3.34. The maximum Gasteiger partial charge on any atom is 0.407 e. The minimum absolute atomic E-state index is 0.0581. The molecule has 0 heterocycles. The summed E-state index contributed by atoms with van der Waals surface area (Å²) in [6.45, 7) is 10.1. The van der Waals surface area contributed by atoms with Crippen molar-refractivity contribution in [2.45, 2.75) is 65.2 Å². The summed E-state index contributed by atoms with van der Waals surface area (Å²) in [5.74, 6) is 0.192. The summed E-state index contributed by atoms with van der Waals surface area (Å²) in [4.78, 5) is 29.2. The molecule has 1 N–H and O–H groups in total. The molecule has 0 saturated carbocycles. The van der Waals surface area contributed by atoms with Crippen LogP contribution in [0.1, 0.15) is 63.1 Å². The first-order valence-corrected chi connectivity index (χ1v) is 15.6. The molecule has 1 atom stereocenters. The van der Waals surface area contributed by atoms with Gasteiger partial charge in [0.1, 0.15) is 12.6 Å². The van der Waals surface area contributed by atoms with Crippen LogP contribution in [-0.2, 0) is 25.4 Å². The highest BCUT2D eigenvalue weighted by Gasteiger charge is 2.31. The van der Waals surface area contributed by atoms with E-state index in [4.69, 9.17) is 14.2 Å². The number of fused-ring (bicyclic) bond motifs is 3. The van der Waals surface area contributed by atoms with Crippen LogP contribution in [-0.4, -0.2) is 62.1 Å². The highest BCUT2D eigenvalue weighted by molar-refractivity contribution is 5.86. The van der Waals surface area contributed by atoms with Crippen molar-refractivity contribution >= 4 is 12.0 Å². The second-order valence-corrected chi connectivity index (χ2v) is 11.4. The molecule has 43 heavy (non-hydrogen) atoms. The standard InChI is InChI=1S/C36H46N2O5/c1-5-41-34(42-6-2)24-38(23-22-26(3)4)35(39)33(21-20-27-14-8-7-9-15-27)37-36(40)43-25-32-30-18-12-10-16-28(30)29-17-11-13-19-31(29)32/h7-19,26,32-34H,5-6,20-25H2,1-4H3,(H,37,40). The number of ether oxygens (including phenoxy) is 3. The fourth-order valence-corrected chi connectivity index (χ4v) is 5.63. The molecule has 2 amide bonds. The van der Waals surface area contributed by atoms with Crippen LogP contribution in [0.5, 0.6) is 0 Å². The van der Waals surface area contributed by atoms with E-state index in [1.165, 1.54) is 11.1 Å². The Bertz CT molecular complexity index is 1260. The second kappa shape index (κ2) is 16.2. The normalized spacial score (nSPS) is 13.1. The summed E-state index contributed by atoms with van der Waals surface area (Å²) in [7, 11) is 0. The third kappa shape index (κ3) is 8.91. The molecule has 1 aliphatic rings. The number of nitrogens with one attached hydrogen (secondary N) is 1. The SMILES string of the molecule is CCOC(CN(CCC(C)C)C(=O)C(CCc1ccccc1)NC(=O)OCC1c2ccccc2-c2ccccc21)OCC. The van der Waals surface area contributed by atoms with E-state index in [1.54, 1.807) is 4.90 Å². The Hall–Kier alpha value is -3.68. The van der Waals surface area contributed by atoms with E-state index in [9.17, 15) is 9.59 Å². The number of aryl methyl sites for hydroxylation is 1. The van der Waals surface area contributed by atoms with Crippen molar-refractivity contribution in [1.29, 1.82) is 0 Å². The summed E-state index contributed by atoms with van der Waals surface area (Å²) in [6, 6.07) is 25.7. The minimum Gasteiger partial charge on any atom is -0.449 e. The van der Waals surface area contributed by atoms with Crippen LogP contribution in [0.15, 0.2) is 78.9 Å². The molecule has 7 heteroatoms. The number of amides is 2. The zero-order valence-corrected chi connectivity index (χ0v) is 26.0. The number of rotatable bonds is 16. The lowest BCUT2D eigenvalue weighted by atomic mass is 9.98. The van der Waals surface area contributed by atoms with Crippen LogP contribution >= 0.6 is 0 Å². The third-order valence-electron chi connectivity index (χ3n) is 7.86. The molecule has 4 rings (SSSR count). The third-order valence-corrected chi connectivity index (χ3v) is 7.86. The highest BCUT2D eigenvalue weighted by Crippen LogP contribution is 2.44. The van der Waals surface area contributed by atoms with Crippen LogP contribution in [0.4, 0.5) is 4.79 Å². The van der Waals surface area contributed by atoms with Gasteiger partial charge in [0.2, 0.25) is 5.91 Å². The Morgan fingerprint density at radius 3 is 1.98 bits per heavy atom. The summed E-state index contributed by atoms with van der Waals surface area (Å²) in [5.41, 5.74) is 5.73. The Morgan fingerprint density at radius 1 is 0.814 bits per heavy atom. The van der Waals surface area contributed by atoms with Gasteiger partial charge in [-0.3, -0.25) is 4.79 Å². The fraction of sp³-hybridized carbons (Fsp3) is 0.444. The van der Waals surface area contributed by atoms with E-state index >= 15 is 0 Å². The van der Waals surface area contributed by atoms with Gasteiger partial charge >= 0.3 is 6.09 Å². The summed E-state index contributed by atoms with van der Waals surface area (Å²) < 4.78 is 17.4. The Kier molecular flexibility index (Phi) is 12.2. The second-order valence-electron chi connectivity index (χ2n) is 11.4. The van der Waals surface area contributed by atoms with Gasteiger partial charge in [0, 0.05) is 25.7 Å². The lowest BCUT2D eigenvalue weighted by molar-refractivity contribution is -0.160. The van der Waals surface area contributed by atoms with Crippen molar-refractivity contribution in [2.24, 2.45) is 5.92 Å².